The summed E-state index contributed by atoms with van der Waals surface area (Å²) in [5.74, 6) is -0.00468. The van der Waals surface area contributed by atoms with Gasteiger partial charge in [0.15, 0.2) is 0 Å². The monoisotopic (exact) mass is 222 g/mol. The van der Waals surface area contributed by atoms with E-state index in [2.05, 4.69) is 0 Å². The number of rotatable bonds is 5. The van der Waals surface area contributed by atoms with Crippen LogP contribution in [0.5, 0.6) is 0 Å². The molecule has 4 heteroatoms. The molecule has 3 N–H and O–H groups in total. The number of nitrogens with two attached hydrogens (primary N) is 1. The molecule has 0 aliphatic heterocycles. The van der Waals surface area contributed by atoms with E-state index < -0.39 is 0 Å². The number of hydrogen-bond acceptors (Lipinski definition) is 3. The molecular formula is C12H18N2O2. The third-order valence-electron chi connectivity index (χ3n) is 2.54. The van der Waals surface area contributed by atoms with Gasteiger partial charge in [0, 0.05) is 20.1 Å². The first-order valence-electron chi connectivity index (χ1n) is 5.30. The molecule has 0 aromatic heterocycles. The van der Waals surface area contributed by atoms with E-state index >= 15 is 0 Å². The zero-order chi connectivity index (χ0) is 12.0. The van der Waals surface area contributed by atoms with E-state index in [1.807, 2.05) is 24.3 Å². The zero-order valence-corrected chi connectivity index (χ0v) is 9.52. The van der Waals surface area contributed by atoms with Crippen LogP contribution in [0.15, 0.2) is 24.3 Å². The van der Waals surface area contributed by atoms with Gasteiger partial charge in [0.05, 0.1) is 13.0 Å². The predicted octanol–water partition coefficient (Wildman–Crippen LogP) is 0.138. The summed E-state index contributed by atoms with van der Waals surface area (Å²) in [5, 5.41) is 8.74. The summed E-state index contributed by atoms with van der Waals surface area (Å²) in [5.41, 5.74) is 7.55. The highest BCUT2D eigenvalue weighted by atomic mass is 16.3. The lowest BCUT2D eigenvalue weighted by Crippen LogP contribution is -2.31. The van der Waals surface area contributed by atoms with E-state index in [1.54, 1.807) is 7.05 Å². The van der Waals surface area contributed by atoms with Crippen LogP contribution in [-0.4, -0.2) is 36.1 Å². The molecule has 0 saturated carbocycles. The van der Waals surface area contributed by atoms with E-state index in [-0.39, 0.29) is 12.5 Å². The van der Waals surface area contributed by atoms with Crippen molar-refractivity contribution in [3.63, 3.8) is 0 Å². The zero-order valence-electron chi connectivity index (χ0n) is 9.52. The first-order valence-corrected chi connectivity index (χ1v) is 5.30. The molecule has 0 atom stereocenters. The number of benzene rings is 1. The third-order valence-corrected chi connectivity index (χ3v) is 2.54. The van der Waals surface area contributed by atoms with Crippen LogP contribution in [-0.2, 0) is 17.8 Å². The van der Waals surface area contributed by atoms with Gasteiger partial charge in [0.25, 0.3) is 0 Å². The molecule has 1 amide bonds. The second kappa shape index (κ2) is 6.25. The molecule has 88 valence electrons. The largest absolute Gasteiger partial charge is 0.395 e. The van der Waals surface area contributed by atoms with Crippen LogP contribution >= 0.6 is 0 Å². The number of likely N-dealkylation sites (N-methyl/N-ethyl adjacent to an activating group) is 1. The molecule has 0 aliphatic rings. The van der Waals surface area contributed by atoms with Crippen molar-refractivity contribution in [2.75, 3.05) is 20.2 Å². The lowest BCUT2D eigenvalue weighted by atomic mass is 10.0. The van der Waals surface area contributed by atoms with Gasteiger partial charge in [-0.25, -0.2) is 0 Å². The van der Waals surface area contributed by atoms with Gasteiger partial charge < -0.3 is 15.7 Å². The number of aliphatic hydroxyl groups is 1. The van der Waals surface area contributed by atoms with Gasteiger partial charge in [-0.1, -0.05) is 24.3 Å². The number of carbonyl (C=O) groups is 1. The fourth-order valence-electron chi connectivity index (χ4n) is 1.50. The minimum absolute atomic E-state index is 0.00468. The summed E-state index contributed by atoms with van der Waals surface area (Å²) in [7, 11) is 1.68. The standard InChI is InChI=1S/C12H18N2O2/c1-14(6-7-15)12(16)8-10-4-2-3-5-11(10)9-13/h2-5,15H,6-9,13H2,1H3. The minimum atomic E-state index is -0.0131. The highest BCUT2D eigenvalue weighted by molar-refractivity contribution is 5.78. The quantitative estimate of drug-likeness (QED) is 0.744. The number of carbonyl (C=O) groups excluding carboxylic acids is 1. The summed E-state index contributed by atoms with van der Waals surface area (Å²) in [6, 6.07) is 7.64. The first-order chi connectivity index (χ1) is 7.69. The van der Waals surface area contributed by atoms with Crippen molar-refractivity contribution < 1.29 is 9.90 Å². The normalized spacial score (nSPS) is 10.2. The van der Waals surface area contributed by atoms with Gasteiger partial charge in [0.2, 0.25) is 5.91 Å². The summed E-state index contributed by atoms with van der Waals surface area (Å²) >= 11 is 0. The Kier molecular flexibility index (Phi) is 4.95. The Balaban J connectivity index is 2.69. The molecule has 0 spiro atoms. The molecule has 0 saturated heterocycles. The van der Waals surface area contributed by atoms with Crippen LogP contribution in [0.3, 0.4) is 0 Å². The molecule has 0 bridgehead atoms. The van der Waals surface area contributed by atoms with Crippen LogP contribution < -0.4 is 5.73 Å². The molecule has 1 rings (SSSR count). The van der Waals surface area contributed by atoms with Crippen LogP contribution in [0, 0.1) is 0 Å². The second-order valence-corrected chi connectivity index (χ2v) is 3.69. The number of hydrogen-bond donors (Lipinski definition) is 2. The van der Waals surface area contributed by atoms with Crippen LogP contribution in [0.4, 0.5) is 0 Å². The Morgan fingerprint density at radius 3 is 2.56 bits per heavy atom. The molecule has 16 heavy (non-hydrogen) atoms. The lowest BCUT2D eigenvalue weighted by Gasteiger charge is -2.16. The van der Waals surface area contributed by atoms with Gasteiger partial charge >= 0.3 is 0 Å². The summed E-state index contributed by atoms with van der Waals surface area (Å²) in [6.45, 7) is 0.789. The van der Waals surface area contributed by atoms with Gasteiger partial charge in [-0.2, -0.15) is 0 Å². The number of amides is 1. The summed E-state index contributed by atoms with van der Waals surface area (Å²) < 4.78 is 0. The van der Waals surface area contributed by atoms with Crippen molar-refractivity contribution in [1.29, 1.82) is 0 Å². The van der Waals surface area contributed by atoms with Gasteiger partial charge in [-0.05, 0) is 11.1 Å². The predicted molar refractivity (Wildman–Crippen MR) is 62.8 cm³/mol. The van der Waals surface area contributed by atoms with Crippen molar-refractivity contribution in [2.45, 2.75) is 13.0 Å². The van der Waals surface area contributed by atoms with E-state index in [9.17, 15) is 4.79 Å². The van der Waals surface area contributed by atoms with Crippen molar-refractivity contribution in [3.8, 4) is 0 Å². The fourth-order valence-corrected chi connectivity index (χ4v) is 1.50. The van der Waals surface area contributed by atoms with Crippen molar-refractivity contribution in [2.24, 2.45) is 5.73 Å². The van der Waals surface area contributed by atoms with E-state index in [0.29, 0.717) is 19.5 Å². The van der Waals surface area contributed by atoms with Crippen molar-refractivity contribution in [1.82, 2.24) is 4.90 Å². The smallest absolute Gasteiger partial charge is 0.226 e. The van der Waals surface area contributed by atoms with Gasteiger partial charge in [-0.15, -0.1) is 0 Å². The molecule has 4 nitrogen and oxygen atoms in total. The van der Waals surface area contributed by atoms with E-state index in [4.69, 9.17) is 10.8 Å². The third kappa shape index (κ3) is 3.32. The Hall–Kier alpha value is -1.39. The van der Waals surface area contributed by atoms with Crippen LogP contribution in [0.2, 0.25) is 0 Å². The molecule has 0 fully saturated rings. The maximum Gasteiger partial charge on any atom is 0.226 e. The first kappa shape index (κ1) is 12.7. The van der Waals surface area contributed by atoms with E-state index in [1.165, 1.54) is 4.90 Å². The molecule has 0 aliphatic carbocycles. The minimum Gasteiger partial charge on any atom is -0.395 e. The lowest BCUT2D eigenvalue weighted by molar-refractivity contribution is -0.129. The van der Waals surface area contributed by atoms with Crippen molar-refractivity contribution in [3.05, 3.63) is 35.4 Å². The molecule has 0 radical (unpaired) electrons. The second-order valence-electron chi connectivity index (χ2n) is 3.69. The van der Waals surface area contributed by atoms with Gasteiger partial charge in [0.1, 0.15) is 0 Å². The molecule has 1 aromatic rings. The topological polar surface area (TPSA) is 66.6 Å². The summed E-state index contributed by atoms with van der Waals surface area (Å²) in [4.78, 5) is 13.3. The summed E-state index contributed by atoms with van der Waals surface area (Å²) in [6.07, 6.45) is 0.337. The molecular weight excluding hydrogens is 204 g/mol. The Morgan fingerprint density at radius 2 is 2.00 bits per heavy atom. The molecule has 1 aromatic carbocycles. The maximum atomic E-state index is 11.7. The highest BCUT2D eigenvalue weighted by Gasteiger charge is 2.10. The molecule has 0 heterocycles. The Bertz CT molecular complexity index is 353. The average Bonchev–Trinajstić information content (AvgIpc) is 2.30. The van der Waals surface area contributed by atoms with Crippen LogP contribution in [0.1, 0.15) is 11.1 Å². The van der Waals surface area contributed by atoms with E-state index in [0.717, 1.165) is 11.1 Å². The van der Waals surface area contributed by atoms with Crippen molar-refractivity contribution >= 4 is 5.91 Å². The van der Waals surface area contributed by atoms with Crippen LogP contribution in [0.25, 0.3) is 0 Å². The Morgan fingerprint density at radius 1 is 1.38 bits per heavy atom. The Labute approximate surface area is 95.7 Å². The SMILES string of the molecule is CN(CCO)C(=O)Cc1ccccc1CN. The number of nitrogens with zero attached hydrogens (tertiary/aromatic N) is 1. The number of aliphatic hydroxyl groups excluding tert-OH is 1. The maximum absolute atomic E-state index is 11.7. The fraction of sp³-hybridized carbons (Fsp3) is 0.417. The average molecular weight is 222 g/mol. The molecule has 0 unspecified atom stereocenters. The highest BCUT2D eigenvalue weighted by Crippen LogP contribution is 2.09. The van der Waals surface area contributed by atoms with Gasteiger partial charge in [-0.3, -0.25) is 4.79 Å².